The quantitative estimate of drug-likeness (QED) is 0.803. The highest BCUT2D eigenvalue weighted by Crippen LogP contribution is 2.22. The Balaban J connectivity index is 2.31. The number of benzene rings is 2. The molecule has 6 nitrogen and oxygen atoms in total. The van der Waals surface area contributed by atoms with E-state index in [4.69, 9.17) is 5.14 Å². The molecule has 0 unspecified atom stereocenters. The number of sulfonamides is 2. The topological polar surface area (TPSA) is 106 Å². The van der Waals surface area contributed by atoms with E-state index in [9.17, 15) is 16.8 Å². The van der Waals surface area contributed by atoms with Gasteiger partial charge in [0.1, 0.15) is 0 Å². The summed E-state index contributed by atoms with van der Waals surface area (Å²) in [6, 6.07) is 11.5. The van der Waals surface area contributed by atoms with E-state index in [1.165, 1.54) is 18.2 Å². The molecular weight excluding hydrogens is 360 g/mol. The average Bonchev–Trinajstić information content (AvgIpc) is 2.53. The summed E-state index contributed by atoms with van der Waals surface area (Å²) in [7, 11) is -7.72. The number of aryl methyl sites for hydroxylation is 2. The molecule has 0 atom stereocenters. The maximum absolute atomic E-state index is 12.3. The Morgan fingerprint density at radius 3 is 2.24 bits per heavy atom. The second-order valence-electron chi connectivity index (χ2n) is 5.58. The number of anilines is 1. The Morgan fingerprint density at radius 2 is 1.68 bits per heavy atom. The standard InChI is InChI=1S/C17H20N2O4S2/c1-3-15-8-9-16(25(18,22)23)12-17(15)19-24(20,21)11-10-14-6-4-13(2)5-7-14/h4-12,19H,3H2,1-2H3,(H2,18,22,23)/b11-10+. The fourth-order valence-electron chi connectivity index (χ4n) is 2.17. The zero-order valence-corrected chi connectivity index (χ0v) is 15.6. The third-order valence-corrected chi connectivity index (χ3v) is 5.47. The first-order valence-corrected chi connectivity index (χ1v) is 10.6. The van der Waals surface area contributed by atoms with Gasteiger partial charge in [-0.25, -0.2) is 22.0 Å². The van der Waals surface area contributed by atoms with Crippen molar-refractivity contribution in [1.29, 1.82) is 0 Å². The summed E-state index contributed by atoms with van der Waals surface area (Å²) in [6.45, 7) is 3.78. The molecule has 134 valence electrons. The van der Waals surface area contributed by atoms with Crippen molar-refractivity contribution in [1.82, 2.24) is 0 Å². The van der Waals surface area contributed by atoms with Gasteiger partial charge in [0.2, 0.25) is 10.0 Å². The molecule has 3 N–H and O–H groups in total. The van der Waals surface area contributed by atoms with Crippen LogP contribution in [0.15, 0.2) is 52.8 Å². The first-order chi connectivity index (χ1) is 11.6. The third-order valence-electron chi connectivity index (χ3n) is 3.56. The van der Waals surface area contributed by atoms with Crippen LogP contribution in [-0.2, 0) is 26.5 Å². The Labute approximate surface area is 148 Å². The van der Waals surface area contributed by atoms with Gasteiger partial charge in [0.25, 0.3) is 10.0 Å². The third kappa shape index (κ3) is 5.42. The van der Waals surface area contributed by atoms with E-state index in [2.05, 4.69) is 4.72 Å². The van der Waals surface area contributed by atoms with Crippen molar-refractivity contribution in [2.45, 2.75) is 25.2 Å². The van der Waals surface area contributed by atoms with Crippen LogP contribution in [0.2, 0.25) is 0 Å². The van der Waals surface area contributed by atoms with E-state index in [-0.39, 0.29) is 10.6 Å². The van der Waals surface area contributed by atoms with Gasteiger partial charge in [-0.2, -0.15) is 0 Å². The minimum Gasteiger partial charge on any atom is -0.280 e. The molecule has 0 fully saturated rings. The molecule has 0 spiro atoms. The molecule has 0 amide bonds. The molecular formula is C17H20N2O4S2. The van der Waals surface area contributed by atoms with Crippen molar-refractivity contribution in [2.75, 3.05) is 4.72 Å². The van der Waals surface area contributed by atoms with Gasteiger partial charge in [-0.15, -0.1) is 0 Å². The molecule has 0 bridgehead atoms. The number of hydrogen-bond acceptors (Lipinski definition) is 4. The predicted octanol–water partition coefficient (Wildman–Crippen LogP) is 2.62. The zero-order chi connectivity index (χ0) is 18.7. The molecule has 0 heterocycles. The monoisotopic (exact) mass is 380 g/mol. The molecule has 2 aromatic carbocycles. The molecule has 2 rings (SSSR count). The summed E-state index contributed by atoms with van der Waals surface area (Å²) in [5.41, 5.74) is 2.68. The van der Waals surface area contributed by atoms with Gasteiger partial charge in [-0.3, -0.25) is 4.72 Å². The lowest BCUT2D eigenvalue weighted by Crippen LogP contribution is -2.15. The second kappa shape index (κ2) is 7.38. The lowest BCUT2D eigenvalue weighted by molar-refractivity contribution is 0.597. The van der Waals surface area contributed by atoms with E-state index >= 15 is 0 Å². The highest BCUT2D eigenvalue weighted by atomic mass is 32.2. The molecule has 0 aliphatic carbocycles. The molecule has 0 saturated carbocycles. The summed E-state index contributed by atoms with van der Waals surface area (Å²) in [5, 5.41) is 6.15. The maximum Gasteiger partial charge on any atom is 0.255 e. The SMILES string of the molecule is CCc1ccc(S(N)(=O)=O)cc1NS(=O)(=O)/C=C/c1ccc(C)cc1. The van der Waals surface area contributed by atoms with Crippen LogP contribution in [0.25, 0.3) is 6.08 Å². The van der Waals surface area contributed by atoms with Crippen molar-refractivity contribution in [2.24, 2.45) is 5.14 Å². The maximum atomic E-state index is 12.3. The number of nitrogens with two attached hydrogens (primary N) is 1. The van der Waals surface area contributed by atoms with Crippen LogP contribution in [0.4, 0.5) is 5.69 Å². The Morgan fingerprint density at radius 1 is 1.04 bits per heavy atom. The van der Waals surface area contributed by atoms with Crippen LogP contribution in [0, 0.1) is 6.92 Å². The molecule has 25 heavy (non-hydrogen) atoms. The number of primary sulfonamides is 1. The molecule has 0 aromatic heterocycles. The minimum absolute atomic E-state index is 0.148. The van der Waals surface area contributed by atoms with Crippen molar-refractivity contribution in [3.05, 3.63) is 64.6 Å². The minimum atomic E-state index is -3.92. The summed E-state index contributed by atoms with van der Waals surface area (Å²) < 4.78 is 49.9. The van der Waals surface area contributed by atoms with E-state index in [0.717, 1.165) is 16.5 Å². The number of rotatable bonds is 6. The molecule has 8 heteroatoms. The normalized spacial score (nSPS) is 12.4. The first-order valence-electron chi connectivity index (χ1n) is 7.54. The van der Waals surface area contributed by atoms with Crippen LogP contribution in [0.5, 0.6) is 0 Å². The smallest absolute Gasteiger partial charge is 0.255 e. The summed E-state index contributed by atoms with van der Waals surface area (Å²) in [5.74, 6) is 0. The van der Waals surface area contributed by atoms with Crippen LogP contribution < -0.4 is 9.86 Å². The van der Waals surface area contributed by atoms with Gasteiger partial charge in [0.15, 0.2) is 0 Å². The van der Waals surface area contributed by atoms with E-state index in [1.807, 2.05) is 26.0 Å². The van der Waals surface area contributed by atoms with Crippen LogP contribution >= 0.6 is 0 Å². The summed E-state index contributed by atoms with van der Waals surface area (Å²) >= 11 is 0. The Hall–Kier alpha value is -2.16. The zero-order valence-electron chi connectivity index (χ0n) is 13.9. The summed E-state index contributed by atoms with van der Waals surface area (Å²) in [4.78, 5) is -0.148. The number of hydrogen-bond donors (Lipinski definition) is 2. The van der Waals surface area contributed by atoms with Gasteiger partial charge >= 0.3 is 0 Å². The van der Waals surface area contributed by atoms with E-state index in [1.54, 1.807) is 18.2 Å². The predicted molar refractivity (Wildman–Crippen MR) is 99.9 cm³/mol. The Bertz CT molecular complexity index is 993. The highest BCUT2D eigenvalue weighted by molar-refractivity contribution is 7.95. The fraction of sp³-hybridized carbons (Fsp3) is 0.176. The van der Waals surface area contributed by atoms with E-state index < -0.39 is 20.0 Å². The van der Waals surface area contributed by atoms with Crippen LogP contribution in [0.1, 0.15) is 23.6 Å². The molecule has 0 saturated heterocycles. The largest absolute Gasteiger partial charge is 0.280 e. The molecule has 2 aromatic rings. The highest BCUT2D eigenvalue weighted by Gasteiger charge is 2.14. The summed E-state index contributed by atoms with van der Waals surface area (Å²) in [6.07, 6.45) is 2.00. The molecule has 0 aliphatic heterocycles. The van der Waals surface area contributed by atoms with Crippen molar-refractivity contribution >= 4 is 31.8 Å². The Kier molecular flexibility index (Phi) is 5.66. The average molecular weight is 380 g/mol. The lowest BCUT2D eigenvalue weighted by Gasteiger charge is -2.11. The molecule has 0 aliphatic rings. The van der Waals surface area contributed by atoms with E-state index in [0.29, 0.717) is 12.0 Å². The first kappa shape index (κ1) is 19.2. The molecule has 0 radical (unpaired) electrons. The fourth-order valence-corrected chi connectivity index (χ4v) is 3.61. The van der Waals surface area contributed by atoms with Gasteiger partial charge in [-0.05, 0) is 42.7 Å². The van der Waals surface area contributed by atoms with Crippen molar-refractivity contribution in [3.8, 4) is 0 Å². The van der Waals surface area contributed by atoms with Crippen LogP contribution in [-0.4, -0.2) is 16.8 Å². The van der Waals surface area contributed by atoms with Crippen molar-refractivity contribution in [3.63, 3.8) is 0 Å². The van der Waals surface area contributed by atoms with Gasteiger partial charge in [0.05, 0.1) is 16.0 Å². The number of nitrogens with one attached hydrogen (secondary N) is 1. The van der Waals surface area contributed by atoms with Crippen LogP contribution in [0.3, 0.4) is 0 Å². The second-order valence-corrected chi connectivity index (χ2v) is 8.71. The van der Waals surface area contributed by atoms with Crippen molar-refractivity contribution < 1.29 is 16.8 Å². The van der Waals surface area contributed by atoms with Gasteiger partial charge in [0, 0.05) is 0 Å². The van der Waals surface area contributed by atoms with Gasteiger partial charge in [-0.1, -0.05) is 42.8 Å². The van der Waals surface area contributed by atoms with Gasteiger partial charge < -0.3 is 0 Å². The lowest BCUT2D eigenvalue weighted by atomic mass is 10.1.